The lowest BCUT2D eigenvalue weighted by molar-refractivity contribution is 0.0701. The highest BCUT2D eigenvalue weighted by Crippen LogP contribution is 2.28. The van der Waals surface area contributed by atoms with Gasteiger partial charge < -0.3 is 5.11 Å². The van der Waals surface area contributed by atoms with E-state index in [1.807, 2.05) is 28.8 Å². The number of imidazole rings is 1. The van der Waals surface area contributed by atoms with Crippen molar-refractivity contribution in [2.24, 2.45) is 0 Å². The quantitative estimate of drug-likeness (QED) is 0.603. The topological polar surface area (TPSA) is 54.6 Å². The summed E-state index contributed by atoms with van der Waals surface area (Å²) in [6.07, 6.45) is 1.90. The Morgan fingerprint density at radius 2 is 1.95 bits per heavy atom. The number of carbonyl (C=O) groups is 1. The zero-order chi connectivity index (χ0) is 15.3. The van der Waals surface area contributed by atoms with Crippen molar-refractivity contribution in [2.45, 2.75) is 6.92 Å². The molecule has 0 spiro atoms. The van der Waals surface area contributed by atoms with E-state index in [1.54, 1.807) is 6.92 Å². The van der Waals surface area contributed by atoms with Crippen LogP contribution in [0.3, 0.4) is 0 Å². The molecular weight excluding hydrogens is 296 g/mol. The highest BCUT2D eigenvalue weighted by Gasteiger charge is 2.17. The normalized spacial score (nSPS) is 11.3. The summed E-state index contributed by atoms with van der Waals surface area (Å²) in [4.78, 5) is 16.8. The predicted octanol–water partition coefficient (Wildman–Crippen LogP) is 4.22. The number of carboxylic acid groups (broad SMARTS) is 1. The van der Waals surface area contributed by atoms with Gasteiger partial charge in [-0.1, -0.05) is 47.7 Å². The van der Waals surface area contributed by atoms with E-state index in [9.17, 15) is 4.79 Å². The van der Waals surface area contributed by atoms with E-state index in [2.05, 4.69) is 29.2 Å². The number of rotatable bonds is 2. The third kappa shape index (κ3) is 1.90. The molecule has 2 aromatic carbocycles. The summed E-state index contributed by atoms with van der Waals surface area (Å²) in [6.45, 7) is 1.80. The Bertz CT molecular complexity index is 1030. The van der Waals surface area contributed by atoms with Crippen LogP contribution in [-0.2, 0) is 0 Å². The largest absolute Gasteiger partial charge is 0.477 e. The van der Waals surface area contributed by atoms with Crippen molar-refractivity contribution < 1.29 is 9.90 Å². The molecule has 0 bridgehead atoms. The monoisotopic (exact) mass is 308 g/mol. The van der Waals surface area contributed by atoms with E-state index in [0.29, 0.717) is 15.5 Å². The minimum Gasteiger partial charge on any atom is -0.477 e. The molecule has 0 amide bonds. The van der Waals surface area contributed by atoms with Gasteiger partial charge in [-0.2, -0.15) is 0 Å². The molecule has 0 saturated heterocycles. The average molecular weight is 308 g/mol. The van der Waals surface area contributed by atoms with Crippen molar-refractivity contribution in [3.05, 3.63) is 59.2 Å². The molecule has 5 heteroatoms. The van der Waals surface area contributed by atoms with Crippen molar-refractivity contribution in [3.63, 3.8) is 0 Å². The summed E-state index contributed by atoms with van der Waals surface area (Å²) in [5, 5.41) is 11.5. The van der Waals surface area contributed by atoms with Crippen LogP contribution < -0.4 is 0 Å². The first-order chi connectivity index (χ1) is 10.6. The molecule has 4 nitrogen and oxygen atoms in total. The number of nitrogens with zero attached hydrogens (tertiary/aromatic N) is 2. The predicted molar refractivity (Wildman–Crippen MR) is 87.7 cm³/mol. The molecule has 22 heavy (non-hydrogen) atoms. The van der Waals surface area contributed by atoms with Crippen LogP contribution in [0.15, 0.2) is 48.7 Å². The van der Waals surface area contributed by atoms with Crippen molar-refractivity contribution >= 4 is 33.0 Å². The molecule has 4 rings (SSSR count). The summed E-state index contributed by atoms with van der Waals surface area (Å²) in [6, 6.07) is 14.4. The van der Waals surface area contributed by atoms with Crippen LogP contribution in [0.25, 0.3) is 27.0 Å². The maximum absolute atomic E-state index is 11.2. The van der Waals surface area contributed by atoms with Gasteiger partial charge in [0.2, 0.25) is 0 Å². The van der Waals surface area contributed by atoms with Gasteiger partial charge in [-0.25, -0.2) is 9.78 Å². The van der Waals surface area contributed by atoms with E-state index in [4.69, 9.17) is 5.11 Å². The molecule has 2 aromatic heterocycles. The fraction of sp³-hybridized carbons (Fsp3) is 0.0588. The molecule has 0 aliphatic rings. The van der Waals surface area contributed by atoms with Gasteiger partial charge in [0.15, 0.2) is 4.96 Å². The fourth-order valence-corrected chi connectivity index (χ4v) is 3.58. The molecule has 0 aliphatic carbocycles. The van der Waals surface area contributed by atoms with Gasteiger partial charge in [0.1, 0.15) is 4.88 Å². The van der Waals surface area contributed by atoms with E-state index >= 15 is 0 Å². The number of hydrogen-bond donors (Lipinski definition) is 1. The molecule has 108 valence electrons. The molecule has 0 fully saturated rings. The van der Waals surface area contributed by atoms with Gasteiger partial charge in [-0.3, -0.25) is 4.40 Å². The van der Waals surface area contributed by atoms with Crippen LogP contribution in [0.4, 0.5) is 0 Å². The second kappa shape index (κ2) is 4.68. The number of fused-ring (bicyclic) bond motifs is 2. The van der Waals surface area contributed by atoms with Crippen LogP contribution in [-0.4, -0.2) is 20.5 Å². The number of aromatic nitrogens is 2. The van der Waals surface area contributed by atoms with Gasteiger partial charge in [-0.05, 0) is 23.8 Å². The Morgan fingerprint density at radius 3 is 2.68 bits per heavy atom. The highest BCUT2D eigenvalue weighted by molar-refractivity contribution is 7.19. The van der Waals surface area contributed by atoms with Crippen LogP contribution >= 0.6 is 11.3 Å². The highest BCUT2D eigenvalue weighted by atomic mass is 32.1. The second-order valence-corrected chi connectivity index (χ2v) is 6.14. The molecular formula is C17H12N2O2S. The van der Waals surface area contributed by atoms with Crippen molar-refractivity contribution in [3.8, 4) is 11.3 Å². The maximum atomic E-state index is 11.2. The minimum absolute atomic E-state index is 0.340. The average Bonchev–Trinajstić information content (AvgIpc) is 3.07. The smallest absolute Gasteiger partial charge is 0.347 e. The molecule has 0 atom stereocenters. The maximum Gasteiger partial charge on any atom is 0.347 e. The zero-order valence-corrected chi connectivity index (χ0v) is 12.6. The van der Waals surface area contributed by atoms with Gasteiger partial charge in [0, 0.05) is 17.5 Å². The Morgan fingerprint density at radius 1 is 1.18 bits per heavy atom. The number of aryl methyl sites for hydroxylation is 1. The van der Waals surface area contributed by atoms with Crippen LogP contribution in [0.5, 0.6) is 0 Å². The minimum atomic E-state index is -0.903. The lowest BCUT2D eigenvalue weighted by Gasteiger charge is -2.00. The Labute approximate surface area is 130 Å². The third-order valence-electron chi connectivity index (χ3n) is 3.80. The zero-order valence-electron chi connectivity index (χ0n) is 11.8. The SMILES string of the molecule is Cc1c(C(=O)O)sc2nc(-c3ccc4ccccc4c3)cn12. The fourth-order valence-electron chi connectivity index (χ4n) is 2.64. The molecule has 0 aliphatic heterocycles. The second-order valence-electron chi connectivity index (χ2n) is 5.16. The summed E-state index contributed by atoms with van der Waals surface area (Å²) in [5.41, 5.74) is 2.61. The molecule has 1 N–H and O–H groups in total. The lowest BCUT2D eigenvalue weighted by Crippen LogP contribution is -1.96. The summed E-state index contributed by atoms with van der Waals surface area (Å²) < 4.78 is 1.85. The van der Waals surface area contributed by atoms with E-state index in [-0.39, 0.29) is 0 Å². The molecule has 0 saturated carbocycles. The van der Waals surface area contributed by atoms with Crippen LogP contribution in [0, 0.1) is 6.92 Å². The van der Waals surface area contributed by atoms with Gasteiger partial charge in [-0.15, -0.1) is 0 Å². The molecule has 4 aromatic rings. The van der Waals surface area contributed by atoms with E-state index in [1.165, 1.54) is 22.1 Å². The molecule has 2 heterocycles. The van der Waals surface area contributed by atoms with Crippen molar-refractivity contribution in [1.29, 1.82) is 0 Å². The van der Waals surface area contributed by atoms with Gasteiger partial charge in [0.05, 0.1) is 5.69 Å². The third-order valence-corrected chi connectivity index (χ3v) is 4.94. The first-order valence-electron chi connectivity index (χ1n) is 6.84. The van der Waals surface area contributed by atoms with Gasteiger partial charge in [0.25, 0.3) is 0 Å². The number of aromatic carboxylic acids is 1. The number of hydrogen-bond acceptors (Lipinski definition) is 3. The summed E-state index contributed by atoms with van der Waals surface area (Å²) >= 11 is 1.20. The Kier molecular flexibility index (Phi) is 2.77. The number of carboxylic acids is 1. The van der Waals surface area contributed by atoms with Crippen molar-refractivity contribution in [1.82, 2.24) is 9.38 Å². The number of benzene rings is 2. The Balaban J connectivity index is 1.87. The summed E-state index contributed by atoms with van der Waals surface area (Å²) in [5.74, 6) is -0.903. The van der Waals surface area contributed by atoms with E-state index in [0.717, 1.165) is 11.3 Å². The van der Waals surface area contributed by atoms with Crippen LogP contribution in [0.2, 0.25) is 0 Å². The first-order valence-corrected chi connectivity index (χ1v) is 7.66. The Hall–Kier alpha value is -2.66. The van der Waals surface area contributed by atoms with Gasteiger partial charge >= 0.3 is 5.97 Å². The van der Waals surface area contributed by atoms with E-state index < -0.39 is 5.97 Å². The molecule has 0 unspecified atom stereocenters. The van der Waals surface area contributed by atoms with Crippen LogP contribution in [0.1, 0.15) is 15.4 Å². The van der Waals surface area contributed by atoms with Crippen molar-refractivity contribution in [2.75, 3.05) is 0 Å². The first kappa shape index (κ1) is 13.0. The number of thiazole rings is 1. The molecule has 0 radical (unpaired) electrons. The summed E-state index contributed by atoms with van der Waals surface area (Å²) in [7, 11) is 0. The standard InChI is InChI=1S/C17H12N2O2S/c1-10-15(16(20)21)22-17-18-14(9-19(10)17)13-7-6-11-4-2-3-5-12(11)8-13/h2-9H,1H3,(H,20,21). The lowest BCUT2D eigenvalue weighted by atomic mass is 10.1.